The summed E-state index contributed by atoms with van der Waals surface area (Å²) >= 11 is 4.98. The molecule has 0 N–H and O–H groups in total. The number of amides is 1. The summed E-state index contributed by atoms with van der Waals surface area (Å²) in [4.78, 5) is 15.5. The Kier molecular flexibility index (Phi) is 3.33. The van der Waals surface area contributed by atoms with Gasteiger partial charge in [0.2, 0.25) is 0 Å². The van der Waals surface area contributed by atoms with Crippen molar-refractivity contribution >= 4 is 29.0 Å². The van der Waals surface area contributed by atoms with Gasteiger partial charge in [-0.15, -0.1) is 0 Å². The highest BCUT2D eigenvalue weighted by Crippen LogP contribution is 2.46. The number of carbonyl (C=O) groups is 1. The van der Waals surface area contributed by atoms with Crippen molar-refractivity contribution in [1.82, 2.24) is 4.90 Å². The SMILES string of the molecule is CN1C(=O)/C(=C\C=C2/N(C)c3ccccc3C2(C)C)OC1=S. The van der Waals surface area contributed by atoms with Gasteiger partial charge < -0.3 is 9.64 Å². The fourth-order valence-corrected chi connectivity index (χ4v) is 3.19. The second kappa shape index (κ2) is 4.95. The molecule has 5 heteroatoms. The van der Waals surface area contributed by atoms with E-state index in [0.29, 0.717) is 0 Å². The number of likely N-dealkylation sites (N-methyl/N-ethyl adjacent to an activating group) is 2. The lowest BCUT2D eigenvalue weighted by atomic mass is 9.84. The number of ether oxygens (including phenoxy) is 1. The zero-order valence-electron chi connectivity index (χ0n) is 13.1. The zero-order chi connectivity index (χ0) is 16.1. The van der Waals surface area contributed by atoms with Crippen LogP contribution in [0.2, 0.25) is 0 Å². The predicted octanol–water partition coefficient (Wildman–Crippen LogP) is 2.96. The van der Waals surface area contributed by atoms with Crippen LogP contribution in [-0.4, -0.2) is 30.1 Å². The number of benzene rings is 1. The van der Waals surface area contributed by atoms with Crippen LogP contribution in [0.3, 0.4) is 0 Å². The van der Waals surface area contributed by atoms with Gasteiger partial charge in [0.1, 0.15) is 0 Å². The molecular formula is C17H18N2O2S. The Balaban J connectivity index is 2.00. The first-order valence-electron chi connectivity index (χ1n) is 7.09. The van der Waals surface area contributed by atoms with Gasteiger partial charge in [0, 0.05) is 30.9 Å². The Morgan fingerprint density at radius 2 is 1.82 bits per heavy atom. The van der Waals surface area contributed by atoms with Crippen LogP contribution in [0.15, 0.2) is 47.9 Å². The van der Waals surface area contributed by atoms with Crippen LogP contribution in [-0.2, 0) is 14.9 Å². The smallest absolute Gasteiger partial charge is 0.296 e. The standard InChI is InChI=1S/C17H18N2O2S/c1-17(2)11-7-5-6-8-12(11)18(3)14(17)10-9-13-15(20)19(4)16(22)21-13/h5-10H,1-4H3/b13-9+,14-10-. The molecule has 114 valence electrons. The van der Waals surface area contributed by atoms with Crippen LogP contribution in [0.4, 0.5) is 5.69 Å². The second-order valence-corrected chi connectivity index (χ2v) is 6.37. The van der Waals surface area contributed by atoms with E-state index in [9.17, 15) is 4.79 Å². The molecule has 1 aromatic carbocycles. The molecule has 4 nitrogen and oxygen atoms in total. The minimum absolute atomic E-state index is 0.129. The molecule has 2 heterocycles. The summed E-state index contributed by atoms with van der Waals surface area (Å²) in [5.74, 6) is 0.0537. The number of allylic oxidation sites excluding steroid dienone is 3. The lowest BCUT2D eigenvalue weighted by molar-refractivity contribution is -0.122. The topological polar surface area (TPSA) is 32.8 Å². The fourth-order valence-electron chi connectivity index (χ4n) is 3.02. The van der Waals surface area contributed by atoms with Crippen molar-refractivity contribution in [2.45, 2.75) is 19.3 Å². The Morgan fingerprint density at radius 1 is 1.14 bits per heavy atom. The third-order valence-electron chi connectivity index (χ3n) is 4.32. The third kappa shape index (κ3) is 2.04. The number of nitrogens with zero attached hydrogens (tertiary/aromatic N) is 2. The molecule has 3 rings (SSSR count). The molecule has 1 fully saturated rings. The van der Waals surface area contributed by atoms with E-state index >= 15 is 0 Å². The van der Waals surface area contributed by atoms with Crippen LogP contribution in [0.1, 0.15) is 19.4 Å². The number of fused-ring (bicyclic) bond motifs is 1. The van der Waals surface area contributed by atoms with Gasteiger partial charge in [-0.2, -0.15) is 0 Å². The molecule has 0 atom stereocenters. The Morgan fingerprint density at radius 3 is 2.41 bits per heavy atom. The second-order valence-electron chi connectivity index (χ2n) is 6.02. The van der Waals surface area contributed by atoms with Crippen LogP contribution >= 0.6 is 12.2 Å². The van der Waals surface area contributed by atoms with Gasteiger partial charge in [-0.1, -0.05) is 32.0 Å². The maximum atomic E-state index is 12.0. The van der Waals surface area contributed by atoms with Gasteiger partial charge in [0.15, 0.2) is 5.76 Å². The first kappa shape index (κ1) is 14.8. The van der Waals surface area contributed by atoms with E-state index in [1.54, 1.807) is 13.1 Å². The molecule has 1 amide bonds. The Hall–Kier alpha value is -2.14. The van der Waals surface area contributed by atoms with Crippen molar-refractivity contribution < 1.29 is 9.53 Å². The van der Waals surface area contributed by atoms with E-state index in [-0.39, 0.29) is 22.3 Å². The number of carbonyl (C=O) groups excluding carboxylic acids is 1. The van der Waals surface area contributed by atoms with Crippen molar-refractivity contribution in [1.29, 1.82) is 0 Å². The molecular weight excluding hydrogens is 296 g/mol. The molecule has 0 aliphatic carbocycles. The van der Waals surface area contributed by atoms with Crippen LogP contribution in [0.5, 0.6) is 0 Å². The van der Waals surface area contributed by atoms with Gasteiger partial charge in [-0.3, -0.25) is 9.69 Å². The molecule has 0 bridgehead atoms. The van der Waals surface area contributed by atoms with Crippen LogP contribution in [0, 0.1) is 0 Å². The lowest BCUT2D eigenvalue weighted by Gasteiger charge is -2.23. The summed E-state index contributed by atoms with van der Waals surface area (Å²) in [5.41, 5.74) is 3.44. The fraction of sp³-hybridized carbons (Fsp3) is 0.294. The molecule has 0 spiro atoms. The number of hydrogen-bond donors (Lipinski definition) is 0. The normalized spacial score (nSPS) is 23.5. The molecule has 0 saturated carbocycles. The Labute approximate surface area is 135 Å². The first-order chi connectivity index (χ1) is 10.3. The van der Waals surface area contributed by atoms with Gasteiger partial charge in [-0.25, -0.2) is 0 Å². The summed E-state index contributed by atoms with van der Waals surface area (Å²) in [6.45, 7) is 4.35. The first-order valence-corrected chi connectivity index (χ1v) is 7.50. The lowest BCUT2D eigenvalue weighted by Crippen LogP contribution is -2.23. The van der Waals surface area contributed by atoms with Crippen molar-refractivity contribution in [3.8, 4) is 0 Å². The van der Waals surface area contributed by atoms with Gasteiger partial charge >= 0.3 is 0 Å². The van der Waals surface area contributed by atoms with Crippen molar-refractivity contribution in [2.24, 2.45) is 0 Å². The largest absolute Gasteiger partial charge is 0.426 e. The van der Waals surface area contributed by atoms with Gasteiger partial charge in [-0.05, 0) is 36.0 Å². The minimum atomic E-state index is -0.210. The average molecular weight is 314 g/mol. The van der Waals surface area contributed by atoms with Crippen molar-refractivity contribution in [3.05, 3.63) is 53.4 Å². The third-order valence-corrected chi connectivity index (χ3v) is 4.68. The highest BCUT2D eigenvalue weighted by molar-refractivity contribution is 7.80. The van der Waals surface area contributed by atoms with E-state index in [4.69, 9.17) is 17.0 Å². The quantitative estimate of drug-likeness (QED) is 0.589. The highest BCUT2D eigenvalue weighted by Gasteiger charge is 2.38. The van der Waals surface area contributed by atoms with Gasteiger partial charge in [0.05, 0.1) is 0 Å². The minimum Gasteiger partial charge on any atom is -0.426 e. The van der Waals surface area contributed by atoms with E-state index in [2.05, 4.69) is 30.9 Å². The van der Waals surface area contributed by atoms with Crippen LogP contribution in [0.25, 0.3) is 0 Å². The zero-order valence-corrected chi connectivity index (χ0v) is 13.9. The van der Waals surface area contributed by atoms with Crippen molar-refractivity contribution in [2.75, 3.05) is 19.0 Å². The summed E-state index contributed by atoms with van der Waals surface area (Å²) < 4.78 is 5.33. The molecule has 2 aliphatic rings. The molecule has 0 aromatic heterocycles. The van der Waals surface area contributed by atoms with Crippen molar-refractivity contribution in [3.63, 3.8) is 0 Å². The highest BCUT2D eigenvalue weighted by atomic mass is 32.1. The molecule has 0 radical (unpaired) electrons. The van der Waals surface area contributed by atoms with E-state index in [1.807, 2.05) is 25.3 Å². The van der Waals surface area contributed by atoms with Crippen LogP contribution < -0.4 is 4.90 Å². The Bertz CT molecular complexity index is 734. The summed E-state index contributed by atoms with van der Waals surface area (Å²) in [6.07, 6.45) is 3.65. The molecule has 2 aliphatic heterocycles. The monoisotopic (exact) mass is 314 g/mol. The number of anilines is 1. The van der Waals surface area contributed by atoms with Gasteiger partial charge in [0.25, 0.3) is 11.1 Å². The summed E-state index contributed by atoms with van der Waals surface area (Å²) in [7, 11) is 3.64. The molecule has 1 saturated heterocycles. The summed E-state index contributed by atoms with van der Waals surface area (Å²) in [5, 5.41) is 0.192. The maximum Gasteiger partial charge on any atom is 0.296 e. The average Bonchev–Trinajstić information content (AvgIpc) is 2.84. The molecule has 1 aromatic rings. The number of para-hydroxylation sites is 1. The molecule has 0 unspecified atom stereocenters. The number of hydrogen-bond acceptors (Lipinski definition) is 4. The van der Waals surface area contributed by atoms with E-state index < -0.39 is 0 Å². The summed E-state index contributed by atoms with van der Waals surface area (Å²) in [6, 6.07) is 8.32. The van der Waals surface area contributed by atoms with E-state index in [1.165, 1.54) is 16.2 Å². The number of rotatable bonds is 1. The predicted molar refractivity (Wildman–Crippen MR) is 90.5 cm³/mol. The number of thiocarbonyl (C=S) groups is 1. The van der Waals surface area contributed by atoms with E-state index in [0.717, 1.165) is 5.70 Å². The molecule has 22 heavy (non-hydrogen) atoms. The maximum absolute atomic E-state index is 12.0.